The fourth-order valence-electron chi connectivity index (χ4n) is 1.61. The lowest BCUT2D eigenvalue weighted by Gasteiger charge is -2.05. The van der Waals surface area contributed by atoms with Crippen molar-refractivity contribution < 1.29 is 29.3 Å². The van der Waals surface area contributed by atoms with Crippen LogP contribution in [-0.2, 0) is 0 Å². The summed E-state index contributed by atoms with van der Waals surface area (Å²) in [5, 5.41) is 17.6. The summed E-state index contributed by atoms with van der Waals surface area (Å²) in [5.41, 5.74) is 0.224. The number of carboxylic acid groups (broad SMARTS) is 2. The molecule has 106 valence electrons. The molecule has 0 aliphatic heterocycles. The first-order valence-electron chi connectivity index (χ1n) is 5.86. The number of ether oxygens (including phenoxy) is 1. The zero-order valence-electron chi connectivity index (χ0n) is 10.6. The second kappa shape index (κ2) is 5.87. The number of rotatable bonds is 4. The fraction of sp³-hybridized carbons (Fsp3) is 0. The van der Waals surface area contributed by atoms with Crippen molar-refractivity contribution in [2.45, 2.75) is 0 Å². The van der Waals surface area contributed by atoms with Gasteiger partial charge in [0.15, 0.2) is 0 Å². The summed E-state index contributed by atoms with van der Waals surface area (Å²) in [6, 6.07) is 10.7. The van der Waals surface area contributed by atoms with Gasteiger partial charge in [0.1, 0.15) is 5.75 Å². The largest absolute Gasteiger partial charge is 0.478 e. The molecule has 0 saturated heterocycles. The minimum atomic E-state index is -1.13. The molecule has 0 fully saturated rings. The number of esters is 1. The molecular weight excluding hydrogens is 276 g/mol. The van der Waals surface area contributed by atoms with Crippen LogP contribution in [0.2, 0.25) is 0 Å². The van der Waals surface area contributed by atoms with Gasteiger partial charge in [0.2, 0.25) is 0 Å². The molecule has 0 saturated carbocycles. The van der Waals surface area contributed by atoms with Gasteiger partial charge in [0.05, 0.1) is 16.7 Å². The van der Waals surface area contributed by atoms with E-state index in [0.717, 1.165) is 0 Å². The average molecular weight is 286 g/mol. The highest BCUT2D eigenvalue weighted by atomic mass is 16.5. The van der Waals surface area contributed by atoms with Gasteiger partial charge in [-0.1, -0.05) is 6.07 Å². The number of benzene rings is 2. The van der Waals surface area contributed by atoms with Crippen LogP contribution in [0, 0.1) is 0 Å². The molecule has 0 bridgehead atoms. The first-order valence-corrected chi connectivity index (χ1v) is 5.86. The molecule has 0 unspecified atom stereocenters. The predicted molar refractivity (Wildman–Crippen MR) is 71.8 cm³/mol. The quantitative estimate of drug-likeness (QED) is 0.660. The smallest absolute Gasteiger partial charge is 0.343 e. The highest BCUT2D eigenvalue weighted by Gasteiger charge is 2.11. The van der Waals surface area contributed by atoms with E-state index in [1.165, 1.54) is 48.5 Å². The minimum Gasteiger partial charge on any atom is -0.478 e. The van der Waals surface area contributed by atoms with Gasteiger partial charge < -0.3 is 14.9 Å². The van der Waals surface area contributed by atoms with E-state index in [2.05, 4.69) is 0 Å². The van der Waals surface area contributed by atoms with Gasteiger partial charge in [0, 0.05) is 0 Å². The molecule has 0 atom stereocenters. The third kappa shape index (κ3) is 3.44. The number of carboxylic acids is 2. The normalized spacial score (nSPS) is 9.90. The Morgan fingerprint density at radius 3 is 1.90 bits per heavy atom. The summed E-state index contributed by atoms with van der Waals surface area (Å²) in [7, 11) is 0. The van der Waals surface area contributed by atoms with Gasteiger partial charge in [-0.15, -0.1) is 0 Å². The van der Waals surface area contributed by atoms with E-state index in [-0.39, 0.29) is 22.4 Å². The highest BCUT2D eigenvalue weighted by Crippen LogP contribution is 2.15. The standard InChI is InChI=1S/C15H10O6/c16-13(17)9-4-6-10(7-5-9)15(20)21-12-3-1-2-11(8-12)14(18)19/h1-8H,(H,16,17)(H,18,19). The molecule has 0 radical (unpaired) electrons. The number of aromatic carboxylic acids is 2. The molecule has 0 spiro atoms. The van der Waals surface area contributed by atoms with Crippen LogP contribution < -0.4 is 4.74 Å². The van der Waals surface area contributed by atoms with Crippen molar-refractivity contribution in [3.63, 3.8) is 0 Å². The topological polar surface area (TPSA) is 101 Å². The van der Waals surface area contributed by atoms with Gasteiger partial charge in [-0.3, -0.25) is 0 Å². The van der Waals surface area contributed by atoms with Gasteiger partial charge in [-0.2, -0.15) is 0 Å². The summed E-state index contributed by atoms with van der Waals surface area (Å²) >= 11 is 0. The second-order valence-corrected chi connectivity index (χ2v) is 4.11. The Balaban J connectivity index is 2.16. The van der Waals surface area contributed by atoms with E-state index in [9.17, 15) is 14.4 Å². The van der Waals surface area contributed by atoms with Crippen LogP contribution >= 0.6 is 0 Å². The van der Waals surface area contributed by atoms with Crippen LogP contribution in [0.4, 0.5) is 0 Å². The Morgan fingerprint density at radius 2 is 1.33 bits per heavy atom. The molecule has 2 N–H and O–H groups in total. The summed E-state index contributed by atoms with van der Waals surface area (Å²) in [5.74, 6) is -2.82. The molecule has 0 aliphatic rings. The molecular formula is C15H10O6. The SMILES string of the molecule is O=C(O)c1ccc(C(=O)Oc2cccc(C(=O)O)c2)cc1. The van der Waals surface area contributed by atoms with Crippen LogP contribution in [-0.4, -0.2) is 28.1 Å². The maximum absolute atomic E-state index is 11.9. The molecule has 0 aromatic heterocycles. The Labute approximate surface area is 119 Å². The average Bonchev–Trinajstić information content (AvgIpc) is 2.47. The van der Waals surface area contributed by atoms with Gasteiger partial charge in [-0.05, 0) is 42.5 Å². The molecule has 0 amide bonds. The summed E-state index contributed by atoms with van der Waals surface area (Å²) < 4.78 is 5.04. The first-order chi connectivity index (χ1) is 9.97. The fourth-order valence-corrected chi connectivity index (χ4v) is 1.61. The van der Waals surface area contributed by atoms with Crippen molar-refractivity contribution in [3.8, 4) is 5.75 Å². The maximum atomic E-state index is 11.9. The molecule has 0 heterocycles. The number of hydrogen-bond acceptors (Lipinski definition) is 4. The Morgan fingerprint density at radius 1 is 0.762 bits per heavy atom. The minimum absolute atomic E-state index is 0.00141. The maximum Gasteiger partial charge on any atom is 0.343 e. The Hall–Kier alpha value is -3.15. The molecule has 2 aromatic carbocycles. The van der Waals surface area contributed by atoms with Crippen molar-refractivity contribution >= 4 is 17.9 Å². The van der Waals surface area contributed by atoms with Crippen molar-refractivity contribution in [2.75, 3.05) is 0 Å². The van der Waals surface area contributed by atoms with E-state index in [0.29, 0.717) is 0 Å². The highest BCUT2D eigenvalue weighted by molar-refractivity contribution is 5.94. The van der Waals surface area contributed by atoms with Crippen LogP contribution in [0.15, 0.2) is 48.5 Å². The van der Waals surface area contributed by atoms with Crippen molar-refractivity contribution in [2.24, 2.45) is 0 Å². The van der Waals surface area contributed by atoms with Crippen molar-refractivity contribution in [1.29, 1.82) is 0 Å². The predicted octanol–water partition coefficient (Wildman–Crippen LogP) is 2.30. The summed E-state index contributed by atoms with van der Waals surface area (Å²) in [4.78, 5) is 33.4. The van der Waals surface area contributed by atoms with Crippen LogP contribution in [0.1, 0.15) is 31.1 Å². The summed E-state index contributed by atoms with van der Waals surface area (Å²) in [6.45, 7) is 0. The summed E-state index contributed by atoms with van der Waals surface area (Å²) in [6.07, 6.45) is 0. The number of carbonyl (C=O) groups is 3. The van der Waals surface area contributed by atoms with Crippen molar-refractivity contribution in [1.82, 2.24) is 0 Å². The van der Waals surface area contributed by atoms with Crippen LogP contribution in [0.25, 0.3) is 0 Å². The Kier molecular flexibility index (Phi) is 3.99. The van der Waals surface area contributed by atoms with E-state index in [1.54, 1.807) is 0 Å². The van der Waals surface area contributed by atoms with Gasteiger partial charge >= 0.3 is 17.9 Å². The number of hydrogen-bond donors (Lipinski definition) is 2. The third-order valence-electron chi connectivity index (χ3n) is 2.66. The van der Waals surface area contributed by atoms with E-state index in [1.807, 2.05) is 0 Å². The molecule has 21 heavy (non-hydrogen) atoms. The van der Waals surface area contributed by atoms with Crippen LogP contribution in [0.3, 0.4) is 0 Å². The Bertz CT molecular complexity index is 702. The lowest BCUT2D eigenvalue weighted by Crippen LogP contribution is -2.09. The monoisotopic (exact) mass is 286 g/mol. The molecule has 2 rings (SSSR count). The van der Waals surface area contributed by atoms with Gasteiger partial charge in [0.25, 0.3) is 0 Å². The third-order valence-corrected chi connectivity index (χ3v) is 2.66. The lowest BCUT2D eigenvalue weighted by molar-refractivity contribution is 0.0685. The first kappa shape index (κ1) is 14.3. The van der Waals surface area contributed by atoms with E-state index >= 15 is 0 Å². The van der Waals surface area contributed by atoms with Crippen molar-refractivity contribution in [3.05, 3.63) is 65.2 Å². The molecule has 2 aromatic rings. The van der Waals surface area contributed by atoms with E-state index < -0.39 is 17.9 Å². The molecule has 0 aliphatic carbocycles. The van der Waals surface area contributed by atoms with E-state index in [4.69, 9.17) is 14.9 Å². The second-order valence-electron chi connectivity index (χ2n) is 4.11. The molecule has 6 heteroatoms. The molecule has 6 nitrogen and oxygen atoms in total. The van der Waals surface area contributed by atoms with Gasteiger partial charge in [-0.25, -0.2) is 14.4 Å². The zero-order chi connectivity index (χ0) is 15.4. The van der Waals surface area contributed by atoms with Crippen LogP contribution in [0.5, 0.6) is 5.75 Å². The lowest BCUT2D eigenvalue weighted by atomic mass is 10.1. The number of carbonyl (C=O) groups excluding carboxylic acids is 1. The zero-order valence-corrected chi connectivity index (χ0v) is 10.6.